The van der Waals surface area contributed by atoms with Gasteiger partial charge in [-0.2, -0.15) is 0 Å². The Balaban J connectivity index is 1.71. The minimum absolute atomic E-state index is 0.0482. The number of pyridine rings is 1. The molecule has 0 saturated carbocycles. The van der Waals surface area contributed by atoms with Gasteiger partial charge in [-0.1, -0.05) is 35.9 Å². The first-order valence-electron chi connectivity index (χ1n) is 9.70. The minimum Gasteiger partial charge on any atom is -0.393 e. The van der Waals surface area contributed by atoms with Gasteiger partial charge in [0.1, 0.15) is 11.8 Å². The van der Waals surface area contributed by atoms with Crippen molar-refractivity contribution < 1.29 is 15.0 Å². The molecule has 0 aliphatic rings. The predicted molar refractivity (Wildman–Crippen MR) is 116 cm³/mol. The van der Waals surface area contributed by atoms with Crippen molar-refractivity contribution in [3.05, 3.63) is 89.2 Å². The number of aliphatic hydroxyl groups excluding tert-OH is 2. The van der Waals surface area contributed by atoms with Gasteiger partial charge >= 0.3 is 0 Å². The summed E-state index contributed by atoms with van der Waals surface area (Å²) >= 11 is 0. The topological polar surface area (TPSA) is 101 Å². The number of benzene rings is 2. The number of carbonyl (C=O) groups excluding carboxylic acids is 1. The highest BCUT2D eigenvalue weighted by molar-refractivity contribution is 5.92. The number of rotatable bonds is 6. The zero-order valence-corrected chi connectivity index (χ0v) is 16.6. The molecule has 0 unspecified atom stereocenters. The summed E-state index contributed by atoms with van der Waals surface area (Å²) in [6, 6.07) is 19.5. The van der Waals surface area contributed by atoms with E-state index in [2.05, 4.69) is 40.7 Å². The molecule has 6 nitrogen and oxygen atoms in total. The maximum atomic E-state index is 11.7. The number of fused-ring (bicyclic) bond motifs is 1. The van der Waals surface area contributed by atoms with Crippen LogP contribution in [0.2, 0.25) is 0 Å². The van der Waals surface area contributed by atoms with E-state index in [1.54, 1.807) is 6.07 Å². The lowest BCUT2D eigenvalue weighted by molar-refractivity contribution is 0.0948. The largest absolute Gasteiger partial charge is 0.393 e. The first-order valence-corrected chi connectivity index (χ1v) is 9.70. The van der Waals surface area contributed by atoms with Crippen molar-refractivity contribution in [1.82, 2.24) is 9.55 Å². The Morgan fingerprint density at radius 1 is 1.10 bits per heavy atom. The fourth-order valence-electron chi connectivity index (χ4n) is 3.51. The van der Waals surface area contributed by atoms with Crippen molar-refractivity contribution in [2.24, 2.45) is 5.73 Å². The third kappa shape index (κ3) is 3.96. The summed E-state index contributed by atoms with van der Waals surface area (Å²) in [6.07, 6.45) is 0.937. The van der Waals surface area contributed by atoms with Crippen LogP contribution in [0.25, 0.3) is 22.2 Å². The smallest absolute Gasteiger partial charge is 0.267 e. The molecule has 0 saturated heterocycles. The van der Waals surface area contributed by atoms with Crippen molar-refractivity contribution >= 4 is 16.8 Å². The number of aromatic nitrogens is 2. The van der Waals surface area contributed by atoms with Crippen molar-refractivity contribution in [2.75, 3.05) is 6.61 Å². The number of primary amides is 1. The summed E-state index contributed by atoms with van der Waals surface area (Å²) in [7, 11) is 0. The Morgan fingerprint density at radius 3 is 2.57 bits per heavy atom. The molecule has 0 aliphatic carbocycles. The SMILES string of the molecule is Cc1ccc(Cn2ccc3cc(-c4cc([C@@H](O)CO)cc(C(N)=O)n4)ccc32)cc1. The second kappa shape index (κ2) is 8.10. The first kappa shape index (κ1) is 19.8. The molecule has 30 heavy (non-hydrogen) atoms. The molecule has 0 spiro atoms. The van der Waals surface area contributed by atoms with E-state index < -0.39 is 18.6 Å². The van der Waals surface area contributed by atoms with E-state index in [9.17, 15) is 15.0 Å². The van der Waals surface area contributed by atoms with Gasteiger partial charge in [-0.25, -0.2) is 4.98 Å². The molecule has 4 aromatic rings. The summed E-state index contributed by atoms with van der Waals surface area (Å²) in [5.74, 6) is -0.687. The monoisotopic (exact) mass is 401 g/mol. The summed E-state index contributed by atoms with van der Waals surface area (Å²) in [5, 5.41) is 20.3. The van der Waals surface area contributed by atoms with E-state index in [1.165, 1.54) is 17.2 Å². The Hall–Kier alpha value is -3.48. The van der Waals surface area contributed by atoms with E-state index in [1.807, 2.05) is 30.5 Å². The Bertz CT molecular complexity index is 1210. The van der Waals surface area contributed by atoms with Gasteiger partial charge in [0.25, 0.3) is 5.91 Å². The van der Waals surface area contributed by atoms with Gasteiger partial charge < -0.3 is 20.5 Å². The van der Waals surface area contributed by atoms with Gasteiger partial charge in [-0.05, 0) is 48.4 Å². The Labute approximate surface area is 174 Å². The van der Waals surface area contributed by atoms with Crippen LogP contribution < -0.4 is 5.73 Å². The van der Waals surface area contributed by atoms with Crippen LogP contribution >= 0.6 is 0 Å². The standard InChI is InChI=1S/C24H23N3O3/c1-15-2-4-16(5-3-15)13-27-9-8-18-10-17(6-7-22(18)27)20-11-19(23(29)14-28)12-21(26-20)24(25)30/h2-12,23,28-29H,13-14H2,1H3,(H2,25,30)/t23-/m0/s1. The molecule has 6 heteroatoms. The van der Waals surface area contributed by atoms with Crippen LogP contribution in [0.15, 0.2) is 66.9 Å². The lowest BCUT2D eigenvalue weighted by Gasteiger charge is -2.12. The fraction of sp³-hybridized carbons (Fsp3) is 0.167. The molecule has 0 aliphatic heterocycles. The lowest BCUT2D eigenvalue weighted by Crippen LogP contribution is -2.15. The maximum absolute atomic E-state index is 11.7. The fourth-order valence-corrected chi connectivity index (χ4v) is 3.51. The predicted octanol–water partition coefficient (Wildman–Crippen LogP) is 3.18. The second-order valence-corrected chi connectivity index (χ2v) is 7.44. The molecule has 4 N–H and O–H groups in total. The van der Waals surface area contributed by atoms with Crippen LogP contribution in [0.5, 0.6) is 0 Å². The first-order chi connectivity index (χ1) is 14.4. The molecule has 0 bridgehead atoms. The quantitative estimate of drug-likeness (QED) is 0.462. The number of amides is 1. The van der Waals surface area contributed by atoms with E-state index >= 15 is 0 Å². The van der Waals surface area contributed by atoms with Gasteiger partial charge in [-0.3, -0.25) is 4.79 Å². The number of nitrogens with zero attached hydrogens (tertiary/aromatic N) is 2. The highest BCUT2D eigenvalue weighted by Crippen LogP contribution is 2.27. The number of nitrogens with two attached hydrogens (primary N) is 1. The van der Waals surface area contributed by atoms with Crippen molar-refractivity contribution in [2.45, 2.75) is 19.6 Å². The molecule has 1 amide bonds. The van der Waals surface area contributed by atoms with E-state index in [0.29, 0.717) is 11.3 Å². The maximum Gasteiger partial charge on any atom is 0.267 e. The van der Waals surface area contributed by atoms with Crippen LogP contribution in [0.1, 0.15) is 33.3 Å². The second-order valence-electron chi connectivity index (χ2n) is 7.44. The zero-order chi connectivity index (χ0) is 21.3. The zero-order valence-electron chi connectivity index (χ0n) is 16.6. The van der Waals surface area contributed by atoms with Crippen molar-refractivity contribution in [1.29, 1.82) is 0 Å². The van der Waals surface area contributed by atoms with Crippen LogP contribution in [0.4, 0.5) is 0 Å². The average molecular weight is 401 g/mol. The van der Waals surface area contributed by atoms with Gasteiger partial charge in [0.2, 0.25) is 0 Å². The highest BCUT2D eigenvalue weighted by atomic mass is 16.3. The summed E-state index contributed by atoms with van der Waals surface area (Å²) in [6.45, 7) is 2.39. The van der Waals surface area contributed by atoms with E-state index in [0.717, 1.165) is 23.0 Å². The number of hydrogen-bond donors (Lipinski definition) is 3. The van der Waals surface area contributed by atoms with Crippen LogP contribution in [0.3, 0.4) is 0 Å². The summed E-state index contributed by atoms with van der Waals surface area (Å²) < 4.78 is 2.18. The van der Waals surface area contributed by atoms with Crippen molar-refractivity contribution in [3.8, 4) is 11.3 Å². The third-order valence-electron chi connectivity index (χ3n) is 5.20. The Morgan fingerprint density at radius 2 is 1.87 bits per heavy atom. The lowest BCUT2D eigenvalue weighted by atomic mass is 10.0. The molecule has 2 aromatic heterocycles. The summed E-state index contributed by atoms with van der Waals surface area (Å²) in [5.41, 5.74) is 10.7. The van der Waals surface area contributed by atoms with E-state index in [-0.39, 0.29) is 5.69 Å². The van der Waals surface area contributed by atoms with Crippen LogP contribution in [-0.4, -0.2) is 32.3 Å². The molecule has 4 rings (SSSR count). The van der Waals surface area contributed by atoms with Crippen LogP contribution in [-0.2, 0) is 6.54 Å². The molecular formula is C24H23N3O3. The van der Waals surface area contributed by atoms with Crippen molar-refractivity contribution in [3.63, 3.8) is 0 Å². The molecule has 1 atom stereocenters. The molecule has 2 heterocycles. The normalized spacial score (nSPS) is 12.2. The highest BCUT2D eigenvalue weighted by Gasteiger charge is 2.14. The molecule has 2 aromatic carbocycles. The molecule has 0 fully saturated rings. The Kier molecular flexibility index (Phi) is 5.35. The number of hydrogen-bond acceptors (Lipinski definition) is 4. The third-order valence-corrected chi connectivity index (χ3v) is 5.20. The van der Waals surface area contributed by atoms with E-state index in [4.69, 9.17) is 5.73 Å². The average Bonchev–Trinajstić information content (AvgIpc) is 3.16. The van der Waals surface area contributed by atoms with Gasteiger partial charge in [0.05, 0.1) is 12.3 Å². The molecule has 152 valence electrons. The molecular weight excluding hydrogens is 378 g/mol. The van der Waals surface area contributed by atoms with Gasteiger partial charge in [0, 0.05) is 29.2 Å². The molecule has 0 radical (unpaired) electrons. The van der Waals surface area contributed by atoms with Crippen LogP contribution in [0, 0.1) is 6.92 Å². The number of aliphatic hydroxyl groups is 2. The number of carbonyl (C=O) groups is 1. The summed E-state index contributed by atoms with van der Waals surface area (Å²) in [4.78, 5) is 16.0. The van der Waals surface area contributed by atoms with Gasteiger partial charge in [-0.15, -0.1) is 0 Å². The number of aryl methyl sites for hydroxylation is 1. The minimum atomic E-state index is -1.11. The van der Waals surface area contributed by atoms with Gasteiger partial charge in [0.15, 0.2) is 0 Å².